The fourth-order valence-corrected chi connectivity index (χ4v) is 2.29. The summed E-state index contributed by atoms with van der Waals surface area (Å²) in [6.45, 7) is 2.33. The zero-order valence-electron chi connectivity index (χ0n) is 8.36. The second-order valence-electron chi connectivity index (χ2n) is 3.90. The number of rotatable bonds is 0. The fraction of sp³-hybridized carbons (Fsp3) is 0.364. The maximum Gasteiger partial charge on any atom is 0.244 e. The summed E-state index contributed by atoms with van der Waals surface area (Å²) >= 11 is 0. The number of nitrogens with zero attached hydrogens (tertiary/aromatic N) is 1. The lowest BCUT2D eigenvalue weighted by Crippen LogP contribution is -2.59. The van der Waals surface area contributed by atoms with Crippen LogP contribution in [0.5, 0.6) is 0 Å². The maximum absolute atomic E-state index is 11.6. The number of carbonyl (C=O) groups is 1. The molecular weight excluding hydrogens is 190 g/mol. The Hall–Kier alpha value is -1.71. The molecule has 4 heteroatoms. The average Bonchev–Trinajstić information content (AvgIpc) is 2.29. The number of para-hydroxylation sites is 2. The van der Waals surface area contributed by atoms with Gasteiger partial charge in [-0.3, -0.25) is 4.79 Å². The minimum absolute atomic E-state index is 0.0475. The number of fused-ring (bicyclic) bond motifs is 3. The van der Waals surface area contributed by atoms with E-state index < -0.39 is 0 Å². The van der Waals surface area contributed by atoms with Gasteiger partial charge in [-0.2, -0.15) is 0 Å². The van der Waals surface area contributed by atoms with E-state index in [2.05, 4.69) is 27.7 Å². The Labute approximate surface area is 88.3 Å². The highest BCUT2D eigenvalue weighted by molar-refractivity contribution is 5.90. The molecule has 0 bridgehead atoms. The van der Waals surface area contributed by atoms with Crippen molar-refractivity contribution < 1.29 is 4.79 Å². The van der Waals surface area contributed by atoms with Crippen LogP contribution < -0.4 is 15.5 Å². The third-order valence-electron chi connectivity index (χ3n) is 3.03. The van der Waals surface area contributed by atoms with E-state index in [1.807, 2.05) is 12.1 Å². The Morgan fingerprint density at radius 1 is 1.27 bits per heavy atom. The first kappa shape index (κ1) is 8.59. The predicted octanol–water partition coefficient (Wildman–Crippen LogP) is 0.417. The Morgan fingerprint density at radius 2 is 2.13 bits per heavy atom. The van der Waals surface area contributed by atoms with Crippen LogP contribution in [0.4, 0.5) is 11.4 Å². The van der Waals surface area contributed by atoms with Crippen LogP contribution in [0.1, 0.15) is 0 Å². The van der Waals surface area contributed by atoms with Crippen molar-refractivity contribution in [3.05, 3.63) is 24.3 Å². The van der Waals surface area contributed by atoms with E-state index in [1.165, 1.54) is 0 Å². The third-order valence-corrected chi connectivity index (χ3v) is 3.03. The molecule has 1 unspecified atom stereocenters. The van der Waals surface area contributed by atoms with Crippen LogP contribution >= 0.6 is 0 Å². The highest BCUT2D eigenvalue weighted by Gasteiger charge is 2.33. The SMILES string of the molecule is O=C1NCCN2c3ccccc3NCC12. The van der Waals surface area contributed by atoms with E-state index in [1.54, 1.807) is 0 Å². The molecule has 0 aromatic heterocycles. The zero-order valence-corrected chi connectivity index (χ0v) is 8.36. The van der Waals surface area contributed by atoms with Crippen molar-refractivity contribution in [1.29, 1.82) is 0 Å². The molecule has 4 nitrogen and oxygen atoms in total. The Bertz CT molecular complexity index is 405. The first-order valence-corrected chi connectivity index (χ1v) is 5.23. The molecule has 1 amide bonds. The molecule has 1 aromatic carbocycles. The summed E-state index contributed by atoms with van der Waals surface area (Å²) in [5.74, 6) is 0.128. The van der Waals surface area contributed by atoms with Crippen molar-refractivity contribution >= 4 is 17.3 Å². The highest BCUT2D eigenvalue weighted by Crippen LogP contribution is 2.31. The van der Waals surface area contributed by atoms with Gasteiger partial charge in [-0.25, -0.2) is 0 Å². The van der Waals surface area contributed by atoms with Gasteiger partial charge < -0.3 is 15.5 Å². The van der Waals surface area contributed by atoms with E-state index in [0.29, 0.717) is 6.54 Å². The summed E-state index contributed by atoms with van der Waals surface area (Å²) in [7, 11) is 0. The predicted molar refractivity (Wildman–Crippen MR) is 59.1 cm³/mol. The van der Waals surface area contributed by atoms with Gasteiger partial charge in [0.25, 0.3) is 0 Å². The maximum atomic E-state index is 11.6. The minimum Gasteiger partial charge on any atom is -0.381 e. The average molecular weight is 203 g/mol. The molecule has 3 rings (SSSR count). The first-order valence-electron chi connectivity index (χ1n) is 5.23. The molecule has 2 aliphatic rings. The second-order valence-corrected chi connectivity index (χ2v) is 3.90. The summed E-state index contributed by atoms with van der Waals surface area (Å²) in [6, 6.07) is 8.09. The quantitative estimate of drug-likeness (QED) is 0.642. The van der Waals surface area contributed by atoms with Crippen LogP contribution in [0.3, 0.4) is 0 Å². The molecular formula is C11H13N3O. The van der Waals surface area contributed by atoms with Gasteiger partial charge >= 0.3 is 0 Å². The molecule has 0 aliphatic carbocycles. The molecule has 1 fully saturated rings. The first-order chi connectivity index (χ1) is 7.36. The number of benzene rings is 1. The fourth-order valence-electron chi connectivity index (χ4n) is 2.29. The summed E-state index contributed by atoms with van der Waals surface area (Å²) in [5.41, 5.74) is 2.27. The summed E-state index contributed by atoms with van der Waals surface area (Å²) < 4.78 is 0. The van der Waals surface area contributed by atoms with E-state index >= 15 is 0 Å². The Balaban J connectivity index is 2.02. The molecule has 2 heterocycles. The topological polar surface area (TPSA) is 44.4 Å². The van der Waals surface area contributed by atoms with Crippen LogP contribution in [-0.2, 0) is 4.79 Å². The van der Waals surface area contributed by atoms with Gasteiger partial charge in [0.2, 0.25) is 5.91 Å². The van der Waals surface area contributed by atoms with Gasteiger partial charge in [0.05, 0.1) is 11.4 Å². The molecule has 1 aromatic rings. The van der Waals surface area contributed by atoms with Gasteiger partial charge in [-0.05, 0) is 12.1 Å². The molecule has 1 saturated heterocycles. The highest BCUT2D eigenvalue weighted by atomic mass is 16.2. The van der Waals surface area contributed by atoms with E-state index in [4.69, 9.17) is 0 Å². The van der Waals surface area contributed by atoms with Crippen molar-refractivity contribution in [2.24, 2.45) is 0 Å². The molecule has 78 valence electrons. The number of amides is 1. The van der Waals surface area contributed by atoms with Crippen LogP contribution in [0, 0.1) is 0 Å². The van der Waals surface area contributed by atoms with E-state index in [9.17, 15) is 4.79 Å². The van der Waals surface area contributed by atoms with Gasteiger partial charge in [-0.15, -0.1) is 0 Å². The number of nitrogens with one attached hydrogen (secondary N) is 2. The van der Waals surface area contributed by atoms with Crippen LogP contribution in [-0.4, -0.2) is 31.6 Å². The number of piperazine rings is 1. The van der Waals surface area contributed by atoms with Crippen molar-refractivity contribution in [3.8, 4) is 0 Å². The molecule has 0 spiro atoms. The van der Waals surface area contributed by atoms with Crippen LogP contribution in [0.2, 0.25) is 0 Å². The number of carbonyl (C=O) groups excluding carboxylic acids is 1. The van der Waals surface area contributed by atoms with Gasteiger partial charge in [0.15, 0.2) is 0 Å². The smallest absolute Gasteiger partial charge is 0.244 e. The molecule has 0 saturated carbocycles. The molecule has 2 aliphatic heterocycles. The van der Waals surface area contributed by atoms with Gasteiger partial charge in [-0.1, -0.05) is 12.1 Å². The summed E-state index contributed by atoms with van der Waals surface area (Å²) in [6.07, 6.45) is 0. The van der Waals surface area contributed by atoms with E-state index in [-0.39, 0.29) is 11.9 Å². The van der Waals surface area contributed by atoms with Crippen LogP contribution in [0.15, 0.2) is 24.3 Å². The monoisotopic (exact) mass is 203 g/mol. The standard InChI is InChI=1S/C11H13N3O/c15-11-10-7-13-8-3-1-2-4-9(8)14(10)6-5-12-11/h1-4,10,13H,5-7H2,(H,12,15). The van der Waals surface area contributed by atoms with E-state index in [0.717, 1.165) is 24.5 Å². The normalized spacial score (nSPS) is 23.6. The number of hydrogen-bond donors (Lipinski definition) is 2. The summed E-state index contributed by atoms with van der Waals surface area (Å²) in [4.78, 5) is 13.8. The molecule has 1 atom stereocenters. The molecule has 15 heavy (non-hydrogen) atoms. The van der Waals surface area contributed by atoms with Crippen molar-refractivity contribution in [1.82, 2.24) is 5.32 Å². The lowest BCUT2D eigenvalue weighted by atomic mass is 10.1. The Kier molecular flexibility index (Phi) is 1.80. The Morgan fingerprint density at radius 3 is 3.07 bits per heavy atom. The summed E-state index contributed by atoms with van der Waals surface area (Å²) in [5, 5.41) is 6.18. The molecule has 2 N–H and O–H groups in total. The lowest BCUT2D eigenvalue weighted by Gasteiger charge is -2.41. The lowest BCUT2D eigenvalue weighted by molar-refractivity contribution is -0.123. The second kappa shape index (κ2) is 3.15. The van der Waals surface area contributed by atoms with Crippen molar-refractivity contribution in [2.45, 2.75) is 6.04 Å². The van der Waals surface area contributed by atoms with Gasteiger partial charge in [0, 0.05) is 19.6 Å². The minimum atomic E-state index is -0.0475. The largest absolute Gasteiger partial charge is 0.381 e. The van der Waals surface area contributed by atoms with Crippen molar-refractivity contribution in [3.63, 3.8) is 0 Å². The number of anilines is 2. The number of hydrogen-bond acceptors (Lipinski definition) is 3. The third kappa shape index (κ3) is 1.25. The van der Waals surface area contributed by atoms with Crippen LogP contribution in [0.25, 0.3) is 0 Å². The molecule has 0 radical (unpaired) electrons. The zero-order chi connectivity index (χ0) is 10.3. The van der Waals surface area contributed by atoms with Crippen molar-refractivity contribution in [2.75, 3.05) is 29.9 Å². The van der Waals surface area contributed by atoms with Gasteiger partial charge in [0.1, 0.15) is 6.04 Å².